The van der Waals surface area contributed by atoms with Gasteiger partial charge in [0.1, 0.15) is 11.5 Å². The van der Waals surface area contributed by atoms with E-state index < -0.39 is 0 Å². The molecular weight excluding hydrogens is 1090 g/mol. The monoisotopic (exact) mass is 1180 g/mol. The van der Waals surface area contributed by atoms with Gasteiger partial charge in [-0.15, -0.1) is 0 Å². The van der Waals surface area contributed by atoms with E-state index in [0.29, 0.717) is 13.2 Å². The first-order valence-corrected chi connectivity index (χ1v) is 33.6. The molecule has 458 valence electrons. The second-order valence-corrected chi connectivity index (χ2v) is 23.5. The Hall–Kier alpha value is -9.22. The van der Waals surface area contributed by atoms with Crippen molar-refractivity contribution in [2.45, 2.75) is 142 Å². The van der Waals surface area contributed by atoms with Crippen LogP contribution < -0.4 is 19.3 Å². The Morgan fingerprint density at radius 3 is 0.789 bits per heavy atom. The molecule has 90 heavy (non-hydrogen) atoms. The number of para-hydroxylation sites is 4. The zero-order chi connectivity index (χ0) is 61.9. The second-order valence-electron chi connectivity index (χ2n) is 23.5. The van der Waals surface area contributed by atoms with E-state index in [-0.39, 0.29) is 0 Å². The first kappa shape index (κ1) is 65.2. The maximum atomic E-state index is 6.71. The molecule has 0 unspecified atom stereocenters. The van der Waals surface area contributed by atoms with Crippen LogP contribution in [0.25, 0.3) is 24.3 Å². The number of unbranched alkanes of at least 4 members (excludes halogenated alkanes) is 18. The van der Waals surface area contributed by atoms with E-state index in [2.05, 4.69) is 302 Å². The predicted octanol–water partition coefficient (Wildman–Crippen LogP) is 24.4. The van der Waals surface area contributed by atoms with Gasteiger partial charge in [-0.25, -0.2) is 0 Å². The summed E-state index contributed by atoms with van der Waals surface area (Å²) in [4.78, 5) is 4.57. The van der Waals surface area contributed by atoms with Crippen LogP contribution in [0.1, 0.15) is 187 Å². The third-order valence-electron chi connectivity index (χ3n) is 16.4. The number of ether oxygens (including phenoxy) is 2. The van der Waals surface area contributed by atoms with Crippen LogP contribution in [0.5, 0.6) is 11.5 Å². The van der Waals surface area contributed by atoms with Crippen LogP contribution in [0.2, 0.25) is 0 Å². The Labute approximate surface area is 540 Å². The van der Waals surface area contributed by atoms with Crippen LogP contribution in [-0.4, -0.2) is 13.2 Å². The third kappa shape index (κ3) is 21.5. The highest BCUT2D eigenvalue weighted by Gasteiger charge is 2.15. The minimum atomic E-state index is 0.623. The van der Waals surface area contributed by atoms with Gasteiger partial charge in [0.25, 0.3) is 0 Å². The molecule has 0 aliphatic rings. The Bertz CT molecular complexity index is 3340. The molecule has 0 spiro atoms. The van der Waals surface area contributed by atoms with Gasteiger partial charge in [0.15, 0.2) is 0 Å². The van der Waals surface area contributed by atoms with E-state index in [9.17, 15) is 0 Å². The number of nitrogens with zero attached hydrogens (tertiary/aromatic N) is 2. The summed E-state index contributed by atoms with van der Waals surface area (Å²) in [6.07, 6.45) is 34.0. The lowest BCUT2D eigenvalue weighted by molar-refractivity contribution is 0.295. The van der Waals surface area contributed by atoms with Gasteiger partial charge >= 0.3 is 0 Å². The van der Waals surface area contributed by atoms with Crippen molar-refractivity contribution in [1.29, 1.82) is 0 Å². The molecule has 0 atom stereocenters. The largest absolute Gasteiger partial charge is 0.492 e. The predicted molar refractivity (Wildman–Crippen MR) is 386 cm³/mol. The summed E-state index contributed by atoms with van der Waals surface area (Å²) in [5.74, 6) is 15.6. The molecule has 9 aromatic rings. The fourth-order valence-electron chi connectivity index (χ4n) is 11.2. The molecule has 9 aromatic carbocycles. The molecule has 0 saturated heterocycles. The highest BCUT2D eigenvalue weighted by Crippen LogP contribution is 2.36. The van der Waals surface area contributed by atoms with Gasteiger partial charge in [-0.05, 0) is 132 Å². The van der Waals surface area contributed by atoms with Gasteiger partial charge in [-0.3, -0.25) is 0 Å². The van der Waals surface area contributed by atoms with Crippen LogP contribution in [0.15, 0.2) is 231 Å². The van der Waals surface area contributed by atoms with E-state index in [4.69, 9.17) is 9.47 Å². The van der Waals surface area contributed by atoms with Crippen molar-refractivity contribution in [3.63, 3.8) is 0 Å². The van der Waals surface area contributed by atoms with E-state index in [1.54, 1.807) is 0 Å². The van der Waals surface area contributed by atoms with Crippen LogP contribution in [0, 0.1) is 23.7 Å². The molecule has 4 nitrogen and oxygen atoms in total. The molecule has 0 heterocycles. The van der Waals surface area contributed by atoms with Gasteiger partial charge in [-0.1, -0.05) is 299 Å². The third-order valence-corrected chi connectivity index (χ3v) is 16.4. The summed E-state index contributed by atoms with van der Waals surface area (Å²) in [7, 11) is 0. The van der Waals surface area contributed by atoms with Crippen LogP contribution >= 0.6 is 0 Å². The highest BCUT2D eigenvalue weighted by molar-refractivity contribution is 5.80. The summed E-state index contributed by atoms with van der Waals surface area (Å²) in [5, 5.41) is 0. The number of hydrogen-bond donors (Lipinski definition) is 0. The minimum Gasteiger partial charge on any atom is -0.492 e. The van der Waals surface area contributed by atoms with Crippen molar-refractivity contribution in [1.82, 2.24) is 0 Å². The lowest BCUT2D eigenvalue weighted by Crippen LogP contribution is -2.09. The fraction of sp³-hybridized carbons (Fsp3) is 0.279. The lowest BCUT2D eigenvalue weighted by Gasteiger charge is -2.25. The van der Waals surface area contributed by atoms with Crippen LogP contribution in [0.4, 0.5) is 34.1 Å². The normalized spacial score (nSPS) is 11.0. The molecule has 0 bridgehead atoms. The molecule has 0 aromatic heterocycles. The minimum absolute atomic E-state index is 0.623. The molecule has 0 fully saturated rings. The standard InChI is InChI=1S/C86H92N2O2/c1-3-5-7-9-11-13-15-17-19-33-67-89-85-69-78(62-56-74-51-45-72(46-52-74)48-54-76-59-65-84(66-60-76)88(81-39-29-23-30-40-81)82-41-31-24-32-42-82)86(90-68-34-20-18-16-14-12-10-8-6-4-2)70-77(85)61-55-73-49-43-71(44-50-73)47-53-75-57-63-83(64-58-75)87(79-35-25-21-26-36-79)80-37-27-22-28-38-80/h21-32,35-54,57-60,63-66,69-70H,3-20,33-34,67-68H2,1-2H3/b53-47+,54-48+. The number of rotatable bonds is 34. The van der Waals surface area contributed by atoms with Gasteiger partial charge < -0.3 is 19.3 Å². The van der Waals surface area contributed by atoms with Crippen molar-refractivity contribution in [3.05, 3.63) is 275 Å². The lowest BCUT2D eigenvalue weighted by atomic mass is 10.1. The maximum absolute atomic E-state index is 6.71. The van der Waals surface area contributed by atoms with Crippen molar-refractivity contribution in [2.24, 2.45) is 0 Å². The van der Waals surface area contributed by atoms with Gasteiger partial charge in [0.2, 0.25) is 0 Å². The average molecular weight is 1190 g/mol. The summed E-state index contributed by atoms with van der Waals surface area (Å²) in [6, 6.07) is 80.6. The van der Waals surface area contributed by atoms with E-state index in [1.807, 2.05) is 0 Å². The van der Waals surface area contributed by atoms with Gasteiger partial charge in [0.05, 0.1) is 24.3 Å². The second kappa shape index (κ2) is 37.6. The zero-order valence-electron chi connectivity index (χ0n) is 53.5. The molecule has 0 saturated carbocycles. The SMILES string of the molecule is CCCCCCCCCCCCOc1cc(C#Cc2ccc(/C=C/c3ccc(N(c4ccccc4)c4ccccc4)cc3)cc2)c(OCCCCCCCCCCCC)cc1C#Cc1ccc(/C=C/c2ccc(N(c3ccccc3)c3ccccc3)cc2)cc1. The van der Waals surface area contributed by atoms with Gasteiger partial charge in [0, 0.05) is 57.4 Å². The topological polar surface area (TPSA) is 24.9 Å². The Kier molecular flexibility index (Phi) is 27.2. The van der Waals surface area contributed by atoms with Crippen molar-refractivity contribution >= 4 is 58.4 Å². The fourth-order valence-corrected chi connectivity index (χ4v) is 11.2. The highest BCUT2D eigenvalue weighted by atomic mass is 16.5. The smallest absolute Gasteiger partial charge is 0.136 e. The number of anilines is 6. The summed E-state index contributed by atoms with van der Waals surface area (Å²) < 4.78 is 13.4. The Balaban J connectivity index is 0.908. The zero-order valence-corrected chi connectivity index (χ0v) is 53.5. The molecule has 4 heteroatoms. The van der Waals surface area contributed by atoms with Crippen molar-refractivity contribution in [2.75, 3.05) is 23.0 Å². The quantitative estimate of drug-likeness (QED) is 0.0228. The number of hydrogen-bond acceptors (Lipinski definition) is 4. The van der Waals surface area contributed by atoms with E-state index >= 15 is 0 Å². The van der Waals surface area contributed by atoms with Crippen molar-refractivity contribution < 1.29 is 9.47 Å². The molecule has 0 aliphatic carbocycles. The first-order chi connectivity index (χ1) is 44.6. The molecule has 0 amide bonds. The molecule has 0 radical (unpaired) electrons. The molecule has 0 N–H and O–H groups in total. The number of benzene rings is 9. The van der Waals surface area contributed by atoms with Gasteiger partial charge in [-0.2, -0.15) is 0 Å². The summed E-state index contributed by atoms with van der Waals surface area (Å²) in [6.45, 7) is 5.82. The van der Waals surface area contributed by atoms with Crippen molar-refractivity contribution in [3.8, 4) is 35.2 Å². The average Bonchev–Trinajstić information content (AvgIpc) is 1.87. The Morgan fingerprint density at radius 1 is 0.267 bits per heavy atom. The van der Waals surface area contributed by atoms with E-state index in [1.165, 1.54) is 103 Å². The maximum Gasteiger partial charge on any atom is 0.136 e. The molecular formula is C86H92N2O2. The summed E-state index contributed by atoms with van der Waals surface area (Å²) in [5.41, 5.74) is 14.7. The van der Waals surface area contributed by atoms with E-state index in [0.717, 1.165) is 116 Å². The van der Waals surface area contributed by atoms with Crippen LogP contribution in [0.3, 0.4) is 0 Å². The Morgan fingerprint density at radius 2 is 0.511 bits per heavy atom. The summed E-state index contributed by atoms with van der Waals surface area (Å²) >= 11 is 0. The molecule has 0 aliphatic heterocycles. The molecule has 9 rings (SSSR count). The first-order valence-electron chi connectivity index (χ1n) is 33.6. The van der Waals surface area contributed by atoms with Crippen LogP contribution in [-0.2, 0) is 0 Å².